The molecule has 0 bridgehead atoms. The summed E-state index contributed by atoms with van der Waals surface area (Å²) >= 11 is 2.55. The van der Waals surface area contributed by atoms with Crippen LogP contribution in [0.4, 0.5) is 5.69 Å². The number of carbonyl (C=O) groups excluding carboxylic acids is 2. The van der Waals surface area contributed by atoms with Crippen molar-refractivity contribution in [3.05, 3.63) is 62.8 Å². The number of thiophene rings is 1. The van der Waals surface area contributed by atoms with Gasteiger partial charge in [0.15, 0.2) is 11.7 Å². The second-order valence-corrected chi connectivity index (χ2v) is 9.50. The first-order chi connectivity index (χ1) is 13.7. The van der Waals surface area contributed by atoms with Gasteiger partial charge in [-0.3, -0.25) is 14.5 Å². The summed E-state index contributed by atoms with van der Waals surface area (Å²) in [5, 5.41) is 10.5. The quantitative estimate of drug-likeness (QED) is 0.648. The van der Waals surface area contributed by atoms with Crippen LogP contribution in [0.15, 0.2) is 41.1 Å². The molecule has 0 saturated heterocycles. The molecule has 0 unspecified atom stereocenters. The molecule has 0 aliphatic carbocycles. The Bertz CT molecular complexity index is 992. The Morgan fingerprint density at radius 2 is 1.93 bits per heavy atom. The number of benzene rings is 1. The van der Waals surface area contributed by atoms with E-state index in [0.29, 0.717) is 5.69 Å². The van der Waals surface area contributed by atoms with E-state index in [1.54, 1.807) is 10.3 Å². The summed E-state index contributed by atoms with van der Waals surface area (Å²) in [6.45, 7) is 9.66. The molecule has 2 heterocycles. The van der Waals surface area contributed by atoms with Crippen LogP contribution in [0, 0.1) is 13.8 Å². The van der Waals surface area contributed by atoms with E-state index < -0.39 is 11.6 Å². The van der Waals surface area contributed by atoms with Crippen molar-refractivity contribution in [1.82, 2.24) is 14.9 Å². The van der Waals surface area contributed by atoms with E-state index in [-0.39, 0.29) is 17.5 Å². The van der Waals surface area contributed by atoms with Crippen LogP contribution in [0.25, 0.3) is 0 Å². The minimum absolute atomic E-state index is 0.223. The first kappa shape index (κ1) is 21.1. The van der Waals surface area contributed by atoms with Crippen LogP contribution >= 0.6 is 22.9 Å². The smallest absolute Gasteiger partial charge is 0.280 e. The lowest BCUT2D eigenvalue weighted by atomic mass is 10.0. The Morgan fingerprint density at radius 3 is 2.52 bits per heavy atom. The molecular formula is C21H24N4O2S2. The van der Waals surface area contributed by atoms with Gasteiger partial charge in [-0.05, 0) is 74.8 Å². The Labute approximate surface area is 178 Å². The molecule has 1 N–H and O–H groups in total. The Kier molecular flexibility index (Phi) is 6.14. The molecule has 152 valence electrons. The largest absolute Gasteiger partial charge is 0.349 e. The lowest BCUT2D eigenvalue weighted by Gasteiger charge is -2.33. The topological polar surface area (TPSA) is 75.2 Å². The number of hydrogen-bond donors (Lipinski definition) is 1. The predicted octanol–water partition coefficient (Wildman–Crippen LogP) is 4.52. The summed E-state index contributed by atoms with van der Waals surface area (Å²) in [7, 11) is 0. The maximum Gasteiger partial charge on any atom is 0.280 e. The van der Waals surface area contributed by atoms with E-state index in [1.165, 1.54) is 11.3 Å². The van der Waals surface area contributed by atoms with E-state index in [4.69, 9.17) is 0 Å². The Morgan fingerprint density at radius 1 is 1.17 bits per heavy atom. The maximum atomic E-state index is 13.5. The normalized spacial score (nSPS) is 12.4. The lowest BCUT2D eigenvalue weighted by molar-refractivity contribution is -0.123. The maximum absolute atomic E-state index is 13.5. The molecule has 1 aromatic carbocycles. The first-order valence-corrected chi connectivity index (χ1v) is 10.9. The second-order valence-electron chi connectivity index (χ2n) is 7.91. The summed E-state index contributed by atoms with van der Waals surface area (Å²) in [5.74, 6) is -0.590. The Hall–Kier alpha value is -2.58. The van der Waals surface area contributed by atoms with Gasteiger partial charge < -0.3 is 5.32 Å². The molecule has 0 spiro atoms. The zero-order valence-electron chi connectivity index (χ0n) is 17.1. The molecule has 29 heavy (non-hydrogen) atoms. The van der Waals surface area contributed by atoms with Crippen LogP contribution in [-0.4, -0.2) is 26.9 Å². The molecule has 0 radical (unpaired) electrons. The average molecular weight is 429 g/mol. The fourth-order valence-corrected chi connectivity index (χ4v) is 4.23. The van der Waals surface area contributed by atoms with Gasteiger partial charge in [-0.2, -0.15) is 0 Å². The third kappa shape index (κ3) is 4.89. The number of rotatable bonds is 5. The van der Waals surface area contributed by atoms with Crippen molar-refractivity contribution in [3.8, 4) is 0 Å². The number of carbonyl (C=O) groups is 2. The minimum Gasteiger partial charge on any atom is -0.349 e. The molecule has 1 atom stereocenters. The van der Waals surface area contributed by atoms with Gasteiger partial charge in [0.05, 0.1) is 0 Å². The SMILES string of the molecule is Cc1ccc(C)c(N(C(=O)c2csnn2)[C@H](C(=O)NC(C)(C)C)c2cccs2)c1. The van der Waals surface area contributed by atoms with Crippen LogP contribution < -0.4 is 10.2 Å². The van der Waals surface area contributed by atoms with E-state index in [0.717, 1.165) is 27.5 Å². The molecule has 0 saturated carbocycles. The van der Waals surface area contributed by atoms with E-state index in [1.807, 2.05) is 70.3 Å². The average Bonchev–Trinajstić information content (AvgIpc) is 3.33. The highest BCUT2D eigenvalue weighted by molar-refractivity contribution is 7.10. The summed E-state index contributed by atoms with van der Waals surface area (Å²) in [6.07, 6.45) is 0. The van der Waals surface area contributed by atoms with Crippen LogP contribution in [0.2, 0.25) is 0 Å². The van der Waals surface area contributed by atoms with Gasteiger partial charge in [-0.1, -0.05) is 22.7 Å². The van der Waals surface area contributed by atoms with Crippen LogP contribution in [0.3, 0.4) is 0 Å². The third-order valence-electron chi connectivity index (χ3n) is 4.24. The van der Waals surface area contributed by atoms with Crippen molar-refractivity contribution in [1.29, 1.82) is 0 Å². The highest BCUT2D eigenvalue weighted by Gasteiger charge is 2.37. The van der Waals surface area contributed by atoms with Crippen molar-refractivity contribution in [2.45, 2.75) is 46.2 Å². The molecule has 3 aromatic rings. The summed E-state index contributed by atoms with van der Waals surface area (Å²) in [4.78, 5) is 29.3. The Balaban J connectivity index is 2.19. The fraction of sp³-hybridized carbons (Fsp3) is 0.333. The monoisotopic (exact) mass is 428 g/mol. The number of aryl methyl sites for hydroxylation is 2. The second kappa shape index (κ2) is 8.42. The van der Waals surface area contributed by atoms with Crippen molar-refractivity contribution >= 4 is 40.4 Å². The molecule has 0 aliphatic rings. The number of hydrogen-bond acceptors (Lipinski definition) is 6. The van der Waals surface area contributed by atoms with Gasteiger partial charge in [0.2, 0.25) is 5.91 Å². The number of nitrogens with one attached hydrogen (secondary N) is 1. The summed E-state index contributed by atoms with van der Waals surface area (Å²) in [6, 6.07) is 8.82. The molecular weight excluding hydrogens is 404 g/mol. The van der Waals surface area contributed by atoms with Gasteiger partial charge in [0.1, 0.15) is 0 Å². The van der Waals surface area contributed by atoms with Gasteiger partial charge in [0, 0.05) is 21.5 Å². The zero-order chi connectivity index (χ0) is 21.2. The summed E-state index contributed by atoms with van der Waals surface area (Å²) in [5.41, 5.74) is 2.37. The number of aromatic nitrogens is 2. The summed E-state index contributed by atoms with van der Waals surface area (Å²) < 4.78 is 3.83. The molecule has 0 aliphatic heterocycles. The molecule has 2 amide bonds. The van der Waals surface area contributed by atoms with Gasteiger partial charge in [-0.15, -0.1) is 16.4 Å². The zero-order valence-corrected chi connectivity index (χ0v) is 18.7. The fourth-order valence-electron chi connectivity index (χ4n) is 2.98. The molecule has 8 heteroatoms. The van der Waals surface area contributed by atoms with E-state index >= 15 is 0 Å². The number of amides is 2. The molecule has 3 rings (SSSR count). The van der Waals surface area contributed by atoms with Crippen LogP contribution in [0.1, 0.15) is 53.3 Å². The van der Waals surface area contributed by atoms with Crippen LogP contribution in [-0.2, 0) is 4.79 Å². The lowest BCUT2D eigenvalue weighted by Crippen LogP contribution is -2.49. The van der Waals surface area contributed by atoms with Crippen molar-refractivity contribution < 1.29 is 9.59 Å². The molecule has 0 fully saturated rings. The van der Waals surface area contributed by atoms with E-state index in [2.05, 4.69) is 14.9 Å². The van der Waals surface area contributed by atoms with E-state index in [9.17, 15) is 9.59 Å². The highest BCUT2D eigenvalue weighted by Crippen LogP contribution is 2.34. The van der Waals surface area contributed by atoms with Crippen molar-refractivity contribution in [3.63, 3.8) is 0 Å². The standard InChI is InChI=1S/C21H24N4O2S2/c1-13-8-9-14(2)16(11-13)25(20(27)15-12-29-24-23-15)18(17-7-6-10-28-17)19(26)22-21(3,4)5/h6-12,18H,1-5H3,(H,22,26)/t18-/m0/s1. The highest BCUT2D eigenvalue weighted by atomic mass is 32.1. The van der Waals surface area contributed by atoms with Gasteiger partial charge in [-0.25, -0.2) is 0 Å². The minimum atomic E-state index is -0.816. The molecule has 6 nitrogen and oxygen atoms in total. The predicted molar refractivity (Wildman–Crippen MR) is 118 cm³/mol. The molecule has 2 aromatic heterocycles. The number of nitrogens with zero attached hydrogens (tertiary/aromatic N) is 3. The van der Waals surface area contributed by atoms with Crippen molar-refractivity contribution in [2.24, 2.45) is 0 Å². The first-order valence-electron chi connectivity index (χ1n) is 9.20. The van der Waals surface area contributed by atoms with Crippen LogP contribution in [0.5, 0.6) is 0 Å². The number of anilines is 1. The van der Waals surface area contributed by atoms with Gasteiger partial charge >= 0.3 is 0 Å². The van der Waals surface area contributed by atoms with Gasteiger partial charge in [0.25, 0.3) is 5.91 Å². The van der Waals surface area contributed by atoms with Crippen molar-refractivity contribution in [2.75, 3.05) is 4.90 Å². The third-order valence-corrected chi connectivity index (χ3v) is 5.67.